The molecule has 1 aliphatic rings. The van der Waals surface area contributed by atoms with Gasteiger partial charge < -0.3 is 5.11 Å². The first-order chi connectivity index (χ1) is 13.7. The molecule has 0 unspecified atom stereocenters. The molecule has 2 aromatic carbocycles. The van der Waals surface area contributed by atoms with Gasteiger partial charge in [0, 0.05) is 6.20 Å². The van der Waals surface area contributed by atoms with E-state index in [0.717, 1.165) is 40.8 Å². The van der Waals surface area contributed by atoms with Gasteiger partial charge in [0.25, 0.3) is 0 Å². The zero-order chi connectivity index (χ0) is 19.1. The van der Waals surface area contributed by atoms with Crippen molar-refractivity contribution in [1.82, 2.24) is 14.8 Å². The summed E-state index contributed by atoms with van der Waals surface area (Å²) in [5.41, 5.74) is 6.70. The van der Waals surface area contributed by atoms with E-state index < -0.39 is 0 Å². The number of hydrogen-bond acceptors (Lipinski definition) is 4. The minimum atomic E-state index is 0.126. The van der Waals surface area contributed by atoms with Crippen molar-refractivity contribution in [1.29, 1.82) is 5.26 Å². The standard InChI is InChI=1S/C23H16N4O/c24-14-15-4-6-16(7-5-15)17-8-10-19-18(13-17)9-11-20-22(19)23(28)27(26-20)21-3-1-2-12-25-21/h1-8,10,12-13,28H,9,11H2. The van der Waals surface area contributed by atoms with Crippen LogP contribution in [0.5, 0.6) is 5.88 Å². The number of nitriles is 1. The van der Waals surface area contributed by atoms with Crippen LogP contribution in [0.1, 0.15) is 16.8 Å². The fourth-order valence-electron chi connectivity index (χ4n) is 3.76. The molecule has 28 heavy (non-hydrogen) atoms. The summed E-state index contributed by atoms with van der Waals surface area (Å²) in [6.45, 7) is 0. The third-order valence-electron chi connectivity index (χ3n) is 5.15. The molecule has 0 saturated heterocycles. The van der Waals surface area contributed by atoms with E-state index in [0.29, 0.717) is 11.4 Å². The van der Waals surface area contributed by atoms with Crippen molar-refractivity contribution in [2.45, 2.75) is 12.8 Å². The molecule has 0 radical (unpaired) electrons. The van der Waals surface area contributed by atoms with Gasteiger partial charge in [0.2, 0.25) is 5.88 Å². The number of nitrogens with zero attached hydrogens (tertiary/aromatic N) is 4. The van der Waals surface area contributed by atoms with Crippen LogP contribution in [0.15, 0.2) is 66.9 Å². The second kappa shape index (κ2) is 6.36. The van der Waals surface area contributed by atoms with Crippen molar-refractivity contribution in [2.75, 3.05) is 0 Å². The molecule has 0 amide bonds. The van der Waals surface area contributed by atoms with Crippen LogP contribution >= 0.6 is 0 Å². The Bertz CT molecular complexity index is 1220. The summed E-state index contributed by atoms with van der Waals surface area (Å²) in [6.07, 6.45) is 3.32. The molecule has 0 aliphatic heterocycles. The fraction of sp³-hybridized carbons (Fsp3) is 0.0870. The van der Waals surface area contributed by atoms with E-state index in [1.165, 1.54) is 10.2 Å². The van der Waals surface area contributed by atoms with Crippen molar-refractivity contribution in [3.8, 4) is 40.0 Å². The Hall–Kier alpha value is -3.91. The highest BCUT2D eigenvalue weighted by atomic mass is 16.3. The van der Waals surface area contributed by atoms with Crippen molar-refractivity contribution < 1.29 is 5.11 Å². The lowest BCUT2D eigenvalue weighted by Crippen LogP contribution is -2.03. The lowest BCUT2D eigenvalue weighted by molar-refractivity contribution is 0.433. The van der Waals surface area contributed by atoms with Gasteiger partial charge in [0.1, 0.15) is 0 Å². The lowest BCUT2D eigenvalue weighted by Gasteiger charge is -2.17. The molecule has 2 aromatic heterocycles. The molecule has 5 heteroatoms. The average Bonchev–Trinajstić information content (AvgIpc) is 3.11. The monoisotopic (exact) mass is 364 g/mol. The molecule has 2 heterocycles. The van der Waals surface area contributed by atoms with E-state index >= 15 is 0 Å². The second-order valence-electron chi connectivity index (χ2n) is 6.81. The maximum atomic E-state index is 10.8. The summed E-state index contributed by atoms with van der Waals surface area (Å²) in [6, 6.07) is 21.5. The SMILES string of the molecule is N#Cc1ccc(-c2ccc3c(c2)CCc2nn(-c4ccccn4)c(O)c2-3)cc1. The molecule has 1 N–H and O–H groups in total. The molecular weight excluding hydrogens is 348 g/mol. The number of aromatic nitrogens is 3. The van der Waals surface area contributed by atoms with Gasteiger partial charge in [-0.1, -0.05) is 36.4 Å². The van der Waals surface area contributed by atoms with Gasteiger partial charge in [-0.2, -0.15) is 15.0 Å². The van der Waals surface area contributed by atoms with Gasteiger partial charge in [-0.3, -0.25) is 0 Å². The smallest absolute Gasteiger partial charge is 0.224 e. The number of hydrogen-bond donors (Lipinski definition) is 1. The molecule has 1 aliphatic carbocycles. The highest BCUT2D eigenvalue weighted by molar-refractivity contribution is 5.80. The van der Waals surface area contributed by atoms with Crippen molar-refractivity contribution >= 4 is 0 Å². The van der Waals surface area contributed by atoms with E-state index in [4.69, 9.17) is 5.26 Å². The molecule has 0 bridgehead atoms. The van der Waals surface area contributed by atoms with Crippen LogP contribution in [-0.2, 0) is 12.8 Å². The number of pyridine rings is 1. The number of aromatic hydroxyl groups is 1. The summed E-state index contributed by atoms with van der Waals surface area (Å²) in [5, 5.41) is 24.4. The highest BCUT2D eigenvalue weighted by Gasteiger charge is 2.26. The molecule has 0 spiro atoms. The molecule has 5 nitrogen and oxygen atoms in total. The maximum Gasteiger partial charge on any atom is 0.224 e. The summed E-state index contributed by atoms with van der Waals surface area (Å²) in [7, 11) is 0. The largest absolute Gasteiger partial charge is 0.493 e. The van der Waals surface area contributed by atoms with E-state index in [2.05, 4.69) is 22.2 Å². The number of benzene rings is 2. The first kappa shape index (κ1) is 16.3. The van der Waals surface area contributed by atoms with Crippen molar-refractivity contribution in [3.63, 3.8) is 0 Å². The highest BCUT2D eigenvalue weighted by Crippen LogP contribution is 2.41. The fourth-order valence-corrected chi connectivity index (χ4v) is 3.76. The van der Waals surface area contributed by atoms with Crippen LogP contribution in [0.3, 0.4) is 0 Å². The van der Waals surface area contributed by atoms with Gasteiger partial charge in [-0.05, 0) is 59.4 Å². The van der Waals surface area contributed by atoms with Crippen LogP contribution in [0.4, 0.5) is 0 Å². The second-order valence-corrected chi connectivity index (χ2v) is 6.81. The third kappa shape index (κ3) is 2.55. The Morgan fingerprint density at radius 3 is 2.54 bits per heavy atom. The summed E-state index contributed by atoms with van der Waals surface area (Å²) >= 11 is 0. The van der Waals surface area contributed by atoms with E-state index in [1.54, 1.807) is 6.20 Å². The number of rotatable bonds is 2. The maximum absolute atomic E-state index is 10.8. The van der Waals surface area contributed by atoms with E-state index in [-0.39, 0.29) is 5.88 Å². The summed E-state index contributed by atoms with van der Waals surface area (Å²) < 4.78 is 1.51. The van der Waals surface area contributed by atoms with Crippen LogP contribution in [0.2, 0.25) is 0 Å². The average molecular weight is 364 g/mol. The van der Waals surface area contributed by atoms with Gasteiger partial charge >= 0.3 is 0 Å². The van der Waals surface area contributed by atoms with Crippen molar-refractivity contribution in [3.05, 3.63) is 83.7 Å². The van der Waals surface area contributed by atoms with Crippen LogP contribution in [0, 0.1) is 11.3 Å². The first-order valence-corrected chi connectivity index (χ1v) is 9.11. The zero-order valence-electron chi connectivity index (χ0n) is 15.0. The Morgan fingerprint density at radius 2 is 1.79 bits per heavy atom. The van der Waals surface area contributed by atoms with Crippen molar-refractivity contribution in [2.24, 2.45) is 0 Å². The third-order valence-corrected chi connectivity index (χ3v) is 5.15. The van der Waals surface area contributed by atoms with Crippen LogP contribution in [0.25, 0.3) is 28.1 Å². The van der Waals surface area contributed by atoms with E-state index in [9.17, 15) is 5.11 Å². The Balaban J connectivity index is 1.59. The summed E-state index contributed by atoms with van der Waals surface area (Å²) in [4.78, 5) is 4.29. The van der Waals surface area contributed by atoms with E-state index in [1.807, 2.05) is 54.6 Å². The van der Waals surface area contributed by atoms with Crippen LogP contribution < -0.4 is 0 Å². The molecule has 0 atom stereocenters. The first-order valence-electron chi connectivity index (χ1n) is 9.11. The number of aryl methyl sites for hydroxylation is 2. The number of fused-ring (bicyclic) bond motifs is 3. The minimum Gasteiger partial charge on any atom is -0.493 e. The van der Waals surface area contributed by atoms with Gasteiger partial charge in [0.15, 0.2) is 5.82 Å². The quantitative estimate of drug-likeness (QED) is 0.576. The molecule has 5 rings (SSSR count). The Morgan fingerprint density at radius 1 is 0.964 bits per heavy atom. The molecular formula is C23H16N4O. The predicted molar refractivity (Wildman–Crippen MR) is 106 cm³/mol. The summed E-state index contributed by atoms with van der Waals surface area (Å²) in [5.74, 6) is 0.728. The molecule has 4 aromatic rings. The predicted octanol–water partition coefficient (Wildman–Crippen LogP) is 4.28. The molecule has 134 valence electrons. The van der Waals surface area contributed by atoms with Gasteiger partial charge in [-0.15, -0.1) is 0 Å². The normalized spacial score (nSPS) is 12.1. The Labute approximate surface area is 162 Å². The van der Waals surface area contributed by atoms with Gasteiger partial charge in [0.05, 0.1) is 22.9 Å². The topological polar surface area (TPSA) is 74.7 Å². The molecule has 0 fully saturated rings. The lowest BCUT2D eigenvalue weighted by atomic mass is 9.87. The molecule has 0 saturated carbocycles. The van der Waals surface area contributed by atoms with Crippen LogP contribution in [-0.4, -0.2) is 19.9 Å². The Kier molecular flexibility index (Phi) is 3.70. The zero-order valence-corrected chi connectivity index (χ0v) is 15.0. The minimum absolute atomic E-state index is 0.126. The van der Waals surface area contributed by atoms with Gasteiger partial charge in [-0.25, -0.2) is 4.98 Å².